The molecule has 1 aromatic heterocycles. The van der Waals surface area contributed by atoms with Gasteiger partial charge in [-0.2, -0.15) is 0 Å². The Kier molecular flexibility index (Phi) is 7.11. The Balaban J connectivity index is 2.05. The van der Waals surface area contributed by atoms with Crippen LogP contribution in [-0.4, -0.2) is 69.6 Å². The summed E-state index contributed by atoms with van der Waals surface area (Å²) in [5.74, 6) is -0.668. The van der Waals surface area contributed by atoms with Crippen LogP contribution in [0.1, 0.15) is 18.5 Å². The van der Waals surface area contributed by atoms with Crippen LogP contribution in [0.15, 0.2) is 36.4 Å². The first-order chi connectivity index (χ1) is 17.0. The standard InChI is InChI=1S/C25H29N3O7/c1-6-35-24(30)19-20(15-11-12-18(32-3)22(34-5)21(15)33-4)28-17-10-8-7-9-16(17)26-25(28)27(23(19)29)13-14-31-2/h7-12,19-20H,6,13-14H2,1-5H3/t19-,20-/m1/s1. The molecule has 2 atom stereocenters. The van der Waals surface area contributed by atoms with Gasteiger partial charge >= 0.3 is 5.97 Å². The van der Waals surface area contributed by atoms with Crippen molar-refractivity contribution in [2.24, 2.45) is 5.92 Å². The number of amides is 1. The van der Waals surface area contributed by atoms with E-state index in [-0.39, 0.29) is 19.8 Å². The van der Waals surface area contributed by atoms with Crippen molar-refractivity contribution in [1.29, 1.82) is 0 Å². The van der Waals surface area contributed by atoms with Gasteiger partial charge in [0.25, 0.3) is 0 Å². The molecule has 1 aliphatic heterocycles. The van der Waals surface area contributed by atoms with E-state index in [1.807, 2.05) is 28.8 Å². The Bertz CT molecular complexity index is 1240. The third kappa shape index (κ3) is 4.03. The number of methoxy groups -OCH3 is 4. The van der Waals surface area contributed by atoms with Gasteiger partial charge in [-0.05, 0) is 31.2 Å². The molecule has 10 nitrogen and oxygen atoms in total. The number of benzene rings is 2. The Morgan fingerprint density at radius 1 is 1.00 bits per heavy atom. The fourth-order valence-corrected chi connectivity index (χ4v) is 4.58. The highest BCUT2D eigenvalue weighted by Crippen LogP contribution is 2.48. The molecule has 0 saturated carbocycles. The predicted molar refractivity (Wildman–Crippen MR) is 128 cm³/mol. The summed E-state index contributed by atoms with van der Waals surface area (Å²) in [5, 5.41) is 0. The molecule has 35 heavy (non-hydrogen) atoms. The van der Waals surface area contributed by atoms with Crippen molar-refractivity contribution in [2.75, 3.05) is 53.1 Å². The topological polar surface area (TPSA) is 101 Å². The van der Waals surface area contributed by atoms with E-state index in [1.54, 1.807) is 26.2 Å². The minimum Gasteiger partial charge on any atom is -0.493 e. The first kappa shape index (κ1) is 24.3. The van der Waals surface area contributed by atoms with Crippen LogP contribution in [0, 0.1) is 5.92 Å². The van der Waals surface area contributed by atoms with Gasteiger partial charge in [-0.15, -0.1) is 0 Å². The van der Waals surface area contributed by atoms with Crippen LogP contribution in [0.4, 0.5) is 5.95 Å². The van der Waals surface area contributed by atoms with Crippen molar-refractivity contribution in [2.45, 2.75) is 13.0 Å². The smallest absolute Gasteiger partial charge is 0.321 e. The third-order valence-corrected chi connectivity index (χ3v) is 6.06. The Morgan fingerprint density at radius 3 is 2.40 bits per heavy atom. The molecule has 186 valence electrons. The highest BCUT2D eigenvalue weighted by atomic mass is 16.5. The van der Waals surface area contributed by atoms with E-state index in [2.05, 4.69) is 0 Å². The maximum atomic E-state index is 13.9. The molecule has 0 bridgehead atoms. The van der Waals surface area contributed by atoms with Gasteiger partial charge in [0.15, 0.2) is 17.4 Å². The molecule has 4 rings (SSSR count). The van der Waals surface area contributed by atoms with Crippen LogP contribution in [-0.2, 0) is 19.1 Å². The first-order valence-corrected chi connectivity index (χ1v) is 11.2. The Hall–Kier alpha value is -3.79. The second-order valence-corrected chi connectivity index (χ2v) is 7.85. The molecule has 0 unspecified atom stereocenters. The number of carbonyl (C=O) groups is 2. The molecule has 2 aromatic carbocycles. The molecule has 1 amide bonds. The van der Waals surface area contributed by atoms with Gasteiger partial charge in [-0.3, -0.25) is 14.5 Å². The van der Waals surface area contributed by atoms with Crippen molar-refractivity contribution in [3.05, 3.63) is 42.0 Å². The predicted octanol–water partition coefficient (Wildman–Crippen LogP) is 2.82. The molecule has 1 aliphatic rings. The second kappa shape index (κ2) is 10.2. The van der Waals surface area contributed by atoms with E-state index in [1.165, 1.54) is 26.2 Å². The summed E-state index contributed by atoms with van der Waals surface area (Å²) in [7, 11) is 6.08. The zero-order valence-electron chi connectivity index (χ0n) is 20.4. The van der Waals surface area contributed by atoms with Crippen LogP contribution >= 0.6 is 0 Å². The number of esters is 1. The number of ether oxygens (including phenoxy) is 5. The van der Waals surface area contributed by atoms with Crippen molar-refractivity contribution < 1.29 is 33.3 Å². The number of nitrogens with zero attached hydrogens (tertiary/aromatic N) is 3. The van der Waals surface area contributed by atoms with Gasteiger partial charge in [0.05, 0.1) is 58.2 Å². The van der Waals surface area contributed by atoms with Gasteiger partial charge in [0.1, 0.15) is 0 Å². The number of hydrogen-bond donors (Lipinski definition) is 0. The molecule has 0 saturated heterocycles. The van der Waals surface area contributed by atoms with E-state index >= 15 is 0 Å². The largest absolute Gasteiger partial charge is 0.493 e. The SMILES string of the molecule is CCOC(=O)[C@H]1C(=O)N(CCOC)c2nc3ccccc3n2[C@@H]1c1ccc(OC)c(OC)c1OC. The average molecular weight is 484 g/mol. The zero-order chi connectivity index (χ0) is 25.1. The number of imidazole rings is 1. The van der Waals surface area contributed by atoms with Crippen molar-refractivity contribution in [3.63, 3.8) is 0 Å². The van der Waals surface area contributed by atoms with Crippen molar-refractivity contribution >= 4 is 28.9 Å². The number of fused-ring (bicyclic) bond motifs is 3. The molecule has 0 fully saturated rings. The number of hydrogen-bond acceptors (Lipinski definition) is 8. The summed E-state index contributed by atoms with van der Waals surface area (Å²) < 4.78 is 29.3. The van der Waals surface area contributed by atoms with E-state index in [0.29, 0.717) is 34.3 Å². The van der Waals surface area contributed by atoms with Crippen molar-refractivity contribution in [1.82, 2.24) is 9.55 Å². The third-order valence-electron chi connectivity index (χ3n) is 6.06. The van der Waals surface area contributed by atoms with Crippen LogP contribution in [0.25, 0.3) is 11.0 Å². The second-order valence-electron chi connectivity index (χ2n) is 7.85. The van der Waals surface area contributed by atoms with E-state index in [0.717, 1.165) is 5.52 Å². The summed E-state index contributed by atoms with van der Waals surface area (Å²) in [6.45, 7) is 2.34. The summed E-state index contributed by atoms with van der Waals surface area (Å²) in [6, 6.07) is 10.2. The molecule has 0 aliphatic carbocycles. The molecular formula is C25H29N3O7. The fraction of sp³-hybridized carbons (Fsp3) is 0.400. The number of aromatic nitrogens is 2. The lowest BCUT2D eigenvalue weighted by molar-refractivity contribution is -0.153. The molecule has 0 radical (unpaired) electrons. The summed E-state index contributed by atoms with van der Waals surface area (Å²) in [4.78, 5) is 33.4. The van der Waals surface area contributed by atoms with E-state index in [9.17, 15) is 9.59 Å². The quantitative estimate of drug-likeness (QED) is 0.338. The van der Waals surface area contributed by atoms with E-state index < -0.39 is 23.8 Å². The lowest BCUT2D eigenvalue weighted by Gasteiger charge is -2.38. The summed E-state index contributed by atoms with van der Waals surface area (Å²) in [5.41, 5.74) is 2.01. The lowest BCUT2D eigenvalue weighted by Crippen LogP contribution is -2.51. The van der Waals surface area contributed by atoms with E-state index in [4.69, 9.17) is 28.7 Å². The molecule has 0 spiro atoms. The van der Waals surface area contributed by atoms with Gasteiger partial charge in [-0.25, -0.2) is 4.98 Å². The Labute approximate surface area is 203 Å². The molecule has 0 N–H and O–H groups in total. The molecule has 3 aromatic rings. The zero-order valence-corrected chi connectivity index (χ0v) is 20.4. The molecular weight excluding hydrogens is 454 g/mol. The maximum Gasteiger partial charge on any atom is 0.321 e. The highest BCUT2D eigenvalue weighted by molar-refractivity contribution is 6.08. The van der Waals surface area contributed by atoms with Gasteiger partial charge in [0, 0.05) is 12.7 Å². The fourth-order valence-electron chi connectivity index (χ4n) is 4.58. The van der Waals surface area contributed by atoms with Crippen LogP contribution in [0.2, 0.25) is 0 Å². The number of carbonyl (C=O) groups excluding carboxylic acids is 2. The average Bonchev–Trinajstić information content (AvgIpc) is 3.25. The van der Waals surface area contributed by atoms with Crippen LogP contribution < -0.4 is 19.1 Å². The normalized spacial score (nSPS) is 17.3. The number of rotatable bonds is 9. The maximum absolute atomic E-state index is 13.9. The van der Waals surface area contributed by atoms with Gasteiger partial charge in [-0.1, -0.05) is 12.1 Å². The number of para-hydroxylation sites is 2. The van der Waals surface area contributed by atoms with Crippen LogP contribution in [0.5, 0.6) is 17.2 Å². The first-order valence-electron chi connectivity index (χ1n) is 11.2. The van der Waals surface area contributed by atoms with Gasteiger partial charge < -0.3 is 28.3 Å². The Morgan fingerprint density at radius 2 is 1.74 bits per heavy atom. The molecule has 2 heterocycles. The monoisotopic (exact) mass is 483 g/mol. The van der Waals surface area contributed by atoms with Crippen molar-refractivity contribution in [3.8, 4) is 17.2 Å². The minimum atomic E-state index is -1.19. The highest BCUT2D eigenvalue weighted by Gasteiger charge is 2.49. The van der Waals surface area contributed by atoms with Gasteiger partial charge in [0.2, 0.25) is 17.6 Å². The molecule has 10 heteroatoms. The summed E-state index contributed by atoms with van der Waals surface area (Å²) >= 11 is 0. The lowest BCUT2D eigenvalue weighted by atomic mass is 9.88. The number of anilines is 1. The summed E-state index contributed by atoms with van der Waals surface area (Å²) in [6.07, 6.45) is 0. The minimum absolute atomic E-state index is 0.133. The van der Waals surface area contributed by atoms with Crippen LogP contribution in [0.3, 0.4) is 0 Å².